The SMILES string of the molecule is Cc1ccc(C(=O)NCC(O)C2CCCCC2)c(C)c1. The van der Waals surface area contributed by atoms with Crippen LogP contribution >= 0.6 is 0 Å². The molecular formula is C17H25NO2. The number of aliphatic hydroxyl groups is 1. The molecule has 1 saturated carbocycles. The van der Waals surface area contributed by atoms with E-state index in [1.807, 2.05) is 32.0 Å². The van der Waals surface area contributed by atoms with Gasteiger partial charge in [-0.25, -0.2) is 0 Å². The molecule has 1 aliphatic rings. The zero-order chi connectivity index (χ0) is 14.5. The van der Waals surface area contributed by atoms with Gasteiger partial charge in [0, 0.05) is 12.1 Å². The average molecular weight is 275 g/mol. The fourth-order valence-electron chi connectivity index (χ4n) is 3.05. The van der Waals surface area contributed by atoms with Gasteiger partial charge in [0.25, 0.3) is 5.91 Å². The lowest BCUT2D eigenvalue weighted by Gasteiger charge is -2.26. The maximum absolute atomic E-state index is 12.1. The summed E-state index contributed by atoms with van der Waals surface area (Å²) in [6.07, 6.45) is 5.43. The number of hydrogen-bond acceptors (Lipinski definition) is 2. The molecule has 3 nitrogen and oxygen atoms in total. The first-order valence-electron chi connectivity index (χ1n) is 7.61. The predicted molar refractivity (Wildman–Crippen MR) is 80.8 cm³/mol. The maximum atomic E-state index is 12.1. The summed E-state index contributed by atoms with van der Waals surface area (Å²) in [5.41, 5.74) is 2.84. The van der Waals surface area contributed by atoms with Crippen LogP contribution in [0, 0.1) is 19.8 Å². The Kier molecular flexibility index (Phi) is 5.18. The average Bonchev–Trinajstić information content (AvgIpc) is 2.45. The van der Waals surface area contributed by atoms with Gasteiger partial charge in [-0.15, -0.1) is 0 Å². The van der Waals surface area contributed by atoms with Gasteiger partial charge >= 0.3 is 0 Å². The van der Waals surface area contributed by atoms with Crippen LogP contribution in [0.2, 0.25) is 0 Å². The number of carbonyl (C=O) groups is 1. The third-order valence-corrected chi connectivity index (χ3v) is 4.29. The zero-order valence-corrected chi connectivity index (χ0v) is 12.5. The van der Waals surface area contributed by atoms with E-state index in [1.54, 1.807) is 0 Å². The van der Waals surface area contributed by atoms with Crippen LogP contribution in [0.15, 0.2) is 18.2 Å². The Hall–Kier alpha value is -1.35. The van der Waals surface area contributed by atoms with Crippen molar-refractivity contribution >= 4 is 5.91 Å². The minimum atomic E-state index is -0.412. The number of amides is 1. The van der Waals surface area contributed by atoms with Crippen LogP contribution in [-0.4, -0.2) is 23.7 Å². The minimum Gasteiger partial charge on any atom is -0.391 e. The van der Waals surface area contributed by atoms with Crippen molar-refractivity contribution < 1.29 is 9.90 Å². The Morgan fingerprint density at radius 1 is 1.30 bits per heavy atom. The summed E-state index contributed by atoms with van der Waals surface area (Å²) in [5, 5.41) is 13.0. The number of rotatable bonds is 4. The summed E-state index contributed by atoms with van der Waals surface area (Å²) in [6, 6.07) is 5.80. The van der Waals surface area contributed by atoms with Crippen LogP contribution in [0.5, 0.6) is 0 Å². The van der Waals surface area contributed by atoms with Crippen molar-refractivity contribution in [3.63, 3.8) is 0 Å². The number of carbonyl (C=O) groups excluding carboxylic acids is 1. The molecule has 2 rings (SSSR count). The van der Waals surface area contributed by atoms with Crippen LogP contribution in [0.1, 0.15) is 53.6 Å². The predicted octanol–water partition coefficient (Wildman–Crippen LogP) is 2.97. The molecule has 3 heteroatoms. The van der Waals surface area contributed by atoms with Crippen molar-refractivity contribution in [1.29, 1.82) is 0 Å². The van der Waals surface area contributed by atoms with Gasteiger partial charge in [0.15, 0.2) is 0 Å². The van der Waals surface area contributed by atoms with E-state index in [9.17, 15) is 9.90 Å². The number of aliphatic hydroxyl groups excluding tert-OH is 1. The normalized spacial score (nSPS) is 17.8. The van der Waals surface area contributed by atoms with Crippen LogP contribution in [-0.2, 0) is 0 Å². The summed E-state index contributed by atoms with van der Waals surface area (Å²) in [6.45, 7) is 4.32. The molecule has 2 N–H and O–H groups in total. The van der Waals surface area contributed by atoms with E-state index < -0.39 is 6.10 Å². The second kappa shape index (κ2) is 6.89. The van der Waals surface area contributed by atoms with Gasteiger partial charge in [0.2, 0.25) is 0 Å². The van der Waals surface area contributed by atoms with Crippen molar-refractivity contribution in [2.45, 2.75) is 52.1 Å². The van der Waals surface area contributed by atoms with Gasteiger partial charge < -0.3 is 10.4 Å². The monoisotopic (exact) mass is 275 g/mol. The Morgan fingerprint density at radius 3 is 2.65 bits per heavy atom. The lowest BCUT2D eigenvalue weighted by Crippen LogP contribution is -2.37. The molecule has 0 aliphatic heterocycles. The molecule has 1 amide bonds. The van der Waals surface area contributed by atoms with E-state index in [0.29, 0.717) is 18.0 Å². The fourth-order valence-corrected chi connectivity index (χ4v) is 3.05. The summed E-state index contributed by atoms with van der Waals surface area (Å²) in [7, 11) is 0. The molecule has 0 spiro atoms. The maximum Gasteiger partial charge on any atom is 0.251 e. The lowest BCUT2D eigenvalue weighted by atomic mass is 9.85. The summed E-state index contributed by atoms with van der Waals surface area (Å²) >= 11 is 0. The van der Waals surface area contributed by atoms with Crippen LogP contribution in [0.25, 0.3) is 0 Å². The molecule has 0 bridgehead atoms. The highest BCUT2D eigenvalue weighted by Gasteiger charge is 2.22. The molecular weight excluding hydrogens is 250 g/mol. The number of hydrogen-bond donors (Lipinski definition) is 2. The third kappa shape index (κ3) is 3.83. The number of aryl methyl sites for hydroxylation is 2. The molecule has 1 aliphatic carbocycles. The van der Waals surface area contributed by atoms with Crippen LogP contribution in [0.3, 0.4) is 0 Å². The first-order chi connectivity index (χ1) is 9.58. The molecule has 1 fully saturated rings. The molecule has 1 aromatic rings. The largest absolute Gasteiger partial charge is 0.391 e. The second-order valence-corrected chi connectivity index (χ2v) is 5.99. The van der Waals surface area contributed by atoms with Crippen molar-refractivity contribution in [3.05, 3.63) is 34.9 Å². The smallest absolute Gasteiger partial charge is 0.251 e. The summed E-state index contributed by atoms with van der Waals surface area (Å²) < 4.78 is 0. The highest BCUT2D eigenvalue weighted by Crippen LogP contribution is 2.26. The van der Waals surface area contributed by atoms with E-state index in [1.165, 1.54) is 19.3 Å². The fraction of sp³-hybridized carbons (Fsp3) is 0.588. The highest BCUT2D eigenvalue weighted by atomic mass is 16.3. The Bertz CT molecular complexity index is 464. The Balaban J connectivity index is 1.88. The Labute approximate surface area is 121 Å². The highest BCUT2D eigenvalue weighted by molar-refractivity contribution is 5.95. The summed E-state index contributed by atoms with van der Waals surface area (Å²) in [4.78, 5) is 12.1. The second-order valence-electron chi connectivity index (χ2n) is 5.99. The van der Waals surface area contributed by atoms with Gasteiger partial charge in [0.05, 0.1) is 6.10 Å². The lowest BCUT2D eigenvalue weighted by molar-refractivity contribution is 0.0738. The van der Waals surface area contributed by atoms with Gasteiger partial charge in [-0.1, -0.05) is 37.0 Å². The van der Waals surface area contributed by atoms with Crippen molar-refractivity contribution in [1.82, 2.24) is 5.32 Å². The van der Waals surface area contributed by atoms with Crippen LogP contribution in [0.4, 0.5) is 0 Å². The van der Waals surface area contributed by atoms with E-state index in [2.05, 4.69) is 5.32 Å². The molecule has 0 radical (unpaired) electrons. The van der Waals surface area contributed by atoms with E-state index in [4.69, 9.17) is 0 Å². The first kappa shape index (κ1) is 15.0. The number of benzene rings is 1. The van der Waals surface area contributed by atoms with Gasteiger partial charge in [-0.3, -0.25) is 4.79 Å². The van der Waals surface area contributed by atoms with E-state index in [-0.39, 0.29) is 5.91 Å². The molecule has 0 aromatic heterocycles. The van der Waals surface area contributed by atoms with Gasteiger partial charge in [-0.05, 0) is 44.2 Å². The topological polar surface area (TPSA) is 49.3 Å². The van der Waals surface area contributed by atoms with Crippen molar-refractivity contribution in [2.24, 2.45) is 5.92 Å². The molecule has 110 valence electrons. The van der Waals surface area contributed by atoms with Crippen molar-refractivity contribution in [2.75, 3.05) is 6.54 Å². The van der Waals surface area contributed by atoms with Gasteiger partial charge in [-0.2, -0.15) is 0 Å². The molecule has 1 aromatic carbocycles. The molecule has 1 atom stereocenters. The van der Waals surface area contributed by atoms with Crippen LogP contribution < -0.4 is 5.32 Å². The van der Waals surface area contributed by atoms with Gasteiger partial charge in [0.1, 0.15) is 0 Å². The molecule has 0 heterocycles. The standard InChI is InChI=1S/C17H25NO2/c1-12-8-9-15(13(2)10-12)17(20)18-11-16(19)14-6-4-3-5-7-14/h8-10,14,16,19H,3-7,11H2,1-2H3,(H,18,20). The quantitative estimate of drug-likeness (QED) is 0.887. The molecule has 0 saturated heterocycles. The molecule has 20 heavy (non-hydrogen) atoms. The zero-order valence-electron chi connectivity index (χ0n) is 12.5. The third-order valence-electron chi connectivity index (χ3n) is 4.29. The van der Waals surface area contributed by atoms with E-state index >= 15 is 0 Å². The molecule has 1 unspecified atom stereocenters. The van der Waals surface area contributed by atoms with E-state index in [0.717, 1.165) is 24.0 Å². The Morgan fingerprint density at radius 2 is 2.00 bits per heavy atom. The minimum absolute atomic E-state index is 0.0858. The number of nitrogens with one attached hydrogen (secondary N) is 1. The first-order valence-corrected chi connectivity index (χ1v) is 7.61. The summed E-state index contributed by atoms with van der Waals surface area (Å²) in [5.74, 6) is 0.264. The van der Waals surface area contributed by atoms with Crippen molar-refractivity contribution in [3.8, 4) is 0 Å².